The van der Waals surface area contributed by atoms with Crippen molar-refractivity contribution in [2.24, 2.45) is 0 Å². The van der Waals surface area contributed by atoms with Gasteiger partial charge >= 0.3 is 0 Å². The maximum Gasteiger partial charge on any atom is 0.261 e. The van der Waals surface area contributed by atoms with Crippen molar-refractivity contribution in [2.75, 3.05) is 13.6 Å². The monoisotopic (exact) mass is 317 g/mol. The number of hydrogen-bond acceptors (Lipinski definition) is 5. The van der Waals surface area contributed by atoms with Crippen LogP contribution >= 0.6 is 11.3 Å². The largest absolute Gasteiger partial charge is 0.347 e. The van der Waals surface area contributed by atoms with Crippen LogP contribution in [0, 0.1) is 0 Å². The molecule has 8 heteroatoms. The van der Waals surface area contributed by atoms with E-state index in [0.717, 1.165) is 30.7 Å². The van der Waals surface area contributed by atoms with Gasteiger partial charge < -0.3 is 10.6 Å². The summed E-state index contributed by atoms with van der Waals surface area (Å²) < 4.78 is 25.5. The van der Waals surface area contributed by atoms with E-state index in [1.165, 1.54) is 18.5 Å². The molecule has 1 aliphatic heterocycles. The highest BCUT2D eigenvalue weighted by Gasteiger charge is 2.24. The molecule has 2 heterocycles. The summed E-state index contributed by atoms with van der Waals surface area (Å²) >= 11 is 1.14. The number of amides is 1. The first-order valence-corrected chi connectivity index (χ1v) is 8.86. The van der Waals surface area contributed by atoms with Gasteiger partial charge in [0.1, 0.15) is 0 Å². The van der Waals surface area contributed by atoms with Crippen molar-refractivity contribution in [3.63, 3.8) is 0 Å². The van der Waals surface area contributed by atoms with Crippen LogP contribution in [-0.2, 0) is 10.0 Å². The third-order valence-corrected chi connectivity index (χ3v) is 5.93. The third-order valence-electron chi connectivity index (χ3n) is 3.46. The summed E-state index contributed by atoms with van der Waals surface area (Å²) in [5.41, 5.74) is 0. The van der Waals surface area contributed by atoms with Crippen LogP contribution in [0.1, 0.15) is 29.4 Å². The Morgan fingerprint density at radius 1 is 1.50 bits per heavy atom. The lowest BCUT2D eigenvalue weighted by atomic mass is 10.00. The molecule has 0 radical (unpaired) electrons. The lowest BCUT2D eigenvalue weighted by Gasteiger charge is -2.30. The van der Waals surface area contributed by atoms with Crippen LogP contribution < -0.4 is 15.4 Å². The number of hydrogen-bond donors (Lipinski definition) is 3. The molecule has 2 atom stereocenters. The summed E-state index contributed by atoms with van der Waals surface area (Å²) in [4.78, 5) is 12.7. The summed E-state index contributed by atoms with van der Waals surface area (Å²) in [6, 6.07) is 1.73. The van der Waals surface area contributed by atoms with Gasteiger partial charge in [0.05, 0.1) is 9.77 Å². The van der Waals surface area contributed by atoms with Crippen molar-refractivity contribution in [2.45, 2.75) is 36.7 Å². The standard InChI is InChI=1S/C12H19N3O3S2/c1-8-10(4-3-5-14-8)15-12(16)11-6-9(7-19-11)20(17,18)13-2/h6-8,10,13-14H,3-5H2,1-2H3,(H,15,16). The molecule has 1 saturated heterocycles. The van der Waals surface area contributed by atoms with Crippen molar-refractivity contribution in [1.29, 1.82) is 0 Å². The Morgan fingerprint density at radius 3 is 2.90 bits per heavy atom. The minimum Gasteiger partial charge on any atom is -0.347 e. The molecule has 1 aliphatic rings. The van der Waals surface area contributed by atoms with Gasteiger partial charge in [-0.3, -0.25) is 4.79 Å². The molecule has 112 valence electrons. The number of carbonyl (C=O) groups excluding carboxylic acids is 1. The van der Waals surface area contributed by atoms with Crippen molar-refractivity contribution in [3.8, 4) is 0 Å². The first-order valence-electron chi connectivity index (χ1n) is 6.50. The minimum absolute atomic E-state index is 0.0858. The summed E-state index contributed by atoms with van der Waals surface area (Å²) in [5, 5.41) is 7.75. The van der Waals surface area contributed by atoms with E-state index in [4.69, 9.17) is 0 Å². The zero-order valence-electron chi connectivity index (χ0n) is 11.5. The predicted octanol–water partition coefficient (Wildman–Crippen LogP) is 0.526. The summed E-state index contributed by atoms with van der Waals surface area (Å²) in [6.45, 7) is 3.01. The highest BCUT2D eigenvalue weighted by Crippen LogP contribution is 2.19. The van der Waals surface area contributed by atoms with Crippen molar-refractivity contribution in [1.82, 2.24) is 15.4 Å². The van der Waals surface area contributed by atoms with Gasteiger partial charge in [0.25, 0.3) is 5.91 Å². The minimum atomic E-state index is -3.49. The van der Waals surface area contributed by atoms with E-state index in [2.05, 4.69) is 15.4 Å². The lowest BCUT2D eigenvalue weighted by Crippen LogP contribution is -2.51. The van der Waals surface area contributed by atoms with Crippen molar-refractivity contribution >= 4 is 27.3 Å². The lowest BCUT2D eigenvalue weighted by molar-refractivity contribution is 0.0924. The summed E-state index contributed by atoms with van der Waals surface area (Å²) in [5.74, 6) is -0.215. The van der Waals surface area contributed by atoms with Crippen LogP contribution in [0.25, 0.3) is 0 Å². The average Bonchev–Trinajstić information content (AvgIpc) is 2.92. The molecule has 0 aromatic carbocycles. The molecule has 0 spiro atoms. The second-order valence-corrected chi connectivity index (χ2v) is 7.62. The first kappa shape index (κ1) is 15.4. The van der Waals surface area contributed by atoms with Gasteiger partial charge in [0, 0.05) is 17.5 Å². The molecular formula is C12H19N3O3S2. The fourth-order valence-electron chi connectivity index (χ4n) is 2.18. The van der Waals surface area contributed by atoms with E-state index >= 15 is 0 Å². The fourth-order valence-corrected chi connectivity index (χ4v) is 4.08. The van der Waals surface area contributed by atoms with E-state index in [9.17, 15) is 13.2 Å². The maximum atomic E-state index is 12.1. The highest BCUT2D eigenvalue weighted by molar-refractivity contribution is 7.89. The second-order valence-electron chi connectivity index (χ2n) is 4.82. The van der Waals surface area contributed by atoms with Gasteiger partial charge in [-0.15, -0.1) is 11.3 Å². The number of sulfonamides is 1. The van der Waals surface area contributed by atoms with Gasteiger partial charge in [-0.25, -0.2) is 13.1 Å². The van der Waals surface area contributed by atoms with E-state index in [1.807, 2.05) is 6.92 Å². The third kappa shape index (κ3) is 3.38. The normalized spacial score (nSPS) is 23.5. The smallest absolute Gasteiger partial charge is 0.261 e. The topological polar surface area (TPSA) is 87.3 Å². The molecule has 1 aromatic rings. The van der Waals surface area contributed by atoms with Crippen LogP contribution in [0.2, 0.25) is 0 Å². The first-order chi connectivity index (χ1) is 9.44. The van der Waals surface area contributed by atoms with E-state index in [0.29, 0.717) is 4.88 Å². The molecule has 1 fully saturated rings. The number of carbonyl (C=O) groups is 1. The number of thiophene rings is 1. The number of nitrogens with one attached hydrogen (secondary N) is 3. The molecule has 1 aromatic heterocycles. The maximum absolute atomic E-state index is 12.1. The Bertz CT molecular complexity index is 583. The Labute approximate surface area is 123 Å². The van der Waals surface area contributed by atoms with Crippen LogP contribution in [0.5, 0.6) is 0 Å². The van der Waals surface area contributed by atoms with Crippen molar-refractivity contribution < 1.29 is 13.2 Å². The predicted molar refractivity (Wildman–Crippen MR) is 78.5 cm³/mol. The SMILES string of the molecule is CNS(=O)(=O)c1csc(C(=O)NC2CCCNC2C)c1. The molecule has 0 aliphatic carbocycles. The molecule has 0 saturated carbocycles. The molecular weight excluding hydrogens is 298 g/mol. The van der Waals surface area contributed by atoms with Crippen LogP contribution in [-0.4, -0.2) is 40.0 Å². The van der Waals surface area contributed by atoms with E-state index in [-0.39, 0.29) is 22.9 Å². The zero-order valence-corrected chi connectivity index (χ0v) is 13.1. The summed E-state index contributed by atoms with van der Waals surface area (Å²) in [6.07, 6.45) is 1.96. The number of rotatable bonds is 4. The molecule has 3 N–H and O–H groups in total. The van der Waals surface area contributed by atoms with E-state index < -0.39 is 10.0 Å². The van der Waals surface area contributed by atoms with Gasteiger partial charge in [0.2, 0.25) is 10.0 Å². The quantitative estimate of drug-likeness (QED) is 0.756. The van der Waals surface area contributed by atoms with Gasteiger partial charge in [-0.05, 0) is 39.4 Å². The van der Waals surface area contributed by atoms with Gasteiger partial charge in [-0.1, -0.05) is 0 Å². The van der Waals surface area contributed by atoms with E-state index in [1.54, 1.807) is 0 Å². The second kappa shape index (κ2) is 6.21. The average molecular weight is 317 g/mol. The van der Waals surface area contributed by atoms with Gasteiger partial charge in [0.15, 0.2) is 0 Å². The zero-order chi connectivity index (χ0) is 14.8. The highest BCUT2D eigenvalue weighted by atomic mass is 32.2. The molecule has 6 nitrogen and oxygen atoms in total. The van der Waals surface area contributed by atoms with Crippen LogP contribution in [0.15, 0.2) is 16.3 Å². The Hall–Kier alpha value is -0.960. The molecule has 1 amide bonds. The molecule has 2 rings (SSSR count). The van der Waals surface area contributed by atoms with Crippen LogP contribution in [0.4, 0.5) is 0 Å². The Kier molecular flexibility index (Phi) is 4.79. The summed E-state index contributed by atoms with van der Waals surface area (Å²) in [7, 11) is -2.14. The van der Waals surface area contributed by atoms with Gasteiger partial charge in [-0.2, -0.15) is 0 Å². The molecule has 0 bridgehead atoms. The van der Waals surface area contributed by atoms with Crippen molar-refractivity contribution in [3.05, 3.63) is 16.3 Å². The Balaban J connectivity index is 2.06. The molecule has 2 unspecified atom stereocenters. The van der Waals surface area contributed by atoms with Crippen LogP contribution in [0.3, 0.4) is 0 Å². The molecule has 20 heavy (non-hydrogen) atoms. The fraction of sp³-hybridized carbons (Fsp3) is 0.583. The Morgan fingerprint density at radius 2 is 2.25 bits per heavy atom. The number of piperidine rings is 1.